The molecule has 8 nitrogen and oxygen atoms in total. The van der Waals surface area contributed by atoms with Gasteiger partial charge in [0.2, 0.25) is 0 Å². The van der Waals surface area contributed by atoms with Crippen LogP contribution < -0.4 is 27.0 Å². The van der Waals surface area contributed by atoms with E-state index in [0.29, 0.717) is 5.69 Å². The average molecular weight is 428 g/mol. The molecule has 2 unspecified atom stereocenters. The summed E-state index contributed by atoms with van der Waals surface area (Å²) in [6.45, 7) is 3.95. The largest absolute Gasteiger partial charge is 0.370 e. The van der Waals surface area contributed by atoms with Crippen molar-refractivity contribution in [1.82, 2.24) is 9.97 Å². The number of rotatable bonds is 6. The highest BCUT2D eigenvalue weighted by Crippen LogP contribution is 2.30. The van der Waals surface area contributed by atoms with Crippen molar-refractivity contribution in [3.63, 3.8) is 0 Å². The first-order chi connectivity index (χ1) is 14.9. The second-order valence-corrected chi connectivity index (χ2v) is 8.43. The Labute approximate surface area is 181 Å². The average Bonchev–Trinajstić information content (AvgIpc) is 3.27. The molecular formula is C22H30FN7O. The van der Waals surface area contributed by atoms with Crippen LogP contribution in [0.1, 0.15) is 54.6 Å². The zero-order chi connectivity index (χ0) is 22.0. The second kappa shape index (κ2) is 9.05. The lowest BCUT2D eigenvalue weighted by Gasteiger charge is -2.30. The number of carbonyl (C=O) groups is 1. The van der Waals surface area contributed by atoms with Gasteiger partial charge in [-0.25, -0.2) is 9.37 Å². The van der Waals surface area contributed by atoms with Crippen LogP contribution in [0.15, 0.2) is 18.3 Å². The van der Waals surface area contributed by atoms with Gasteiger partial charge in [0.05, 0.1) is 28.8 Å². The molecule has 1 aliphatic heterocycles. The highest BCUT2D eigenvalue weighted by molar-refractivity contribution is 5.98. The molecule has 31 heavy (non-hydrogen) atoms. The monoisotopic (exact) mass is 427 g/mol. The van der Waals surface area contributed by atoms with Gasteiger partial charge in [0.15, 0.2) is 11.6 Å². The molecule has 2 aliphatic rings. The van der Waals surface area contributed by atoms with Gasteiger partial charge in [-0.2, -0.15) is 0 Å². The van der Waals surface area contributed by atoms with Crippen LogP contribution in [-0.4, -0.2) is 41.0 Å². The summed E-state index contributed by atoms with van der Waals surface area (Å²) in [5, 5.41) is 6.25. The number of aryl methyl sites for hydroxylation is 1. The molecule has 2 aromatic heterocycles. The lowest BCUT2D eigenvalue weighted by Crippen LogP contribution is -2.43. The lowest BCUT2D eigenvalue weighted by atomic mass is 9.91. The van der Waals surface area contributed by atoms with Crippen molar-refractivity contribution >= 4 is 28.9 Å². The molecule has 0 spiro atoms. The van der Waals surface area contributed by atoms with Crippen LogP contribution in [-0.2, 0) is 0 Å². The van der Waals surface area contributed by atoms with Crippen LogP contribution in [0, 0.1) is 12.7 Å². The fourth-order valence-corrected chi connectivity index (χ4v) is 4.39. The Morgan fingerprint density at radius 2 is 1.90 bits per heavy atom. The maximum Gasteiger partial charge on any atom is 0.252 e. The number of nitrogens with two attached hydrogens (primary N) is 2. The number of halogens is 1. The lowest BCUT2D eigenvalue weighted by molar-refractivity contribution is 0.100. The van der Waals surface area contributed by atoms with Crippen LogP contribution >= 0.6 is 0 Å². The van der Waals surface area contributed by atoms with Gasteiger partial charge in [0.1, 0.15) is 5.82 Å². The molecule has 3 heterocycles. The van der Waals surface area contributed by atoms with Crippen molar-refractivity contribution in [1.29, 1.82) is 0 Å². The summed E-state index contributed by atoms with van der Waals surface area (Å²) < 4.78 is 14.7. The molecule has 2 atom stereocenters. The van der Waals surface area contributed by atoms with Crippen LogP contribution in [0.25, 0.3) is 0 Å². The van der Waals surface area contributed by atoms with Crippen molar-refractivity contribution in [2.24, 2.45) is 11.5 Å². The summed E-state index contributed by atoms with van der Waals surface area (Å²) in [6.07, 6.45) is 7.83. The molecule has 4 rings (SSSR count). The van der Waals surface area contributed by atoms with E-state index >= 15 is 0 Å². The van der Waals surface area contributed by atoms with Crippen molar-refractivity contribution in [2.45, 2.75) is 57.5 Å². The number of pyridine rings is 2. The van der Waals surface area contributed by atoms with Crippen LogP contribution in [0.4, 0.5) is 27.4 Å². The number of nitrogens with zero attached hydrogens (tertiary/aromatic N) is 3. The number of nitrogens with one attached hydrogen (secondary N) is 2. The van der Waals surface area contributed by atoms with Gasteiger partial charge in [-0.05, 0) is 44.7 Å². The molecule has 1 aliphatic carbocycles. The second-order valence-electron chi connectivity index (χ2n) is 8.43. The predicted octanol–water partition coefficient (Wildman–Crippen LogP) is 3.05. The zero-order valence-corrected chi connectivity index (χ0v) is 17.8. The van der Waals surface area contributed by atoms with Crippen molar-refractivity contribution in [2.75, 3.05) is 28.6 Å². The zero-order valence-electron chi connectivity index (χ0n) is 17.8. The molecule has 0 radical (unpaired) electrons. The van der Waals surface area contributed by atoms with E-state index in [-0.39, 0.29) is 29.3 Å². The van der Waals surface area contributed by atoms with E-state index in [2.05, 4.69) is 25.5 Å². The summed E-state index contributed by atoms with van der Waals surface area (Å²) in [5.41, 5.74) is 14.3. The minimum atomic E-state index is -0.755. The van der Waals surface area contributed by atoms with E-state index in [1.165, 1.54) is 0 Å². The molecule has 9 heteroatoms. The highest BCUT2D eigenvalue weighted by atomic mass is 19.1. The predicted molar refractivity (Wildman–Crippen MR) is 120 cm³/mol. The quantitative estimate of drug-likeness (QED) is 0.559. The number of aromatic nitrogens is 2. The third kappa shape index (κ3) is 4.71. The topological polar surface area (TPSA) is 122 Å². The van der Waals surface area contributed by atoms with Gasteiger partial charge in [-0.3, -0.25) is 9.78 Å². The highest BCUT2D eigenvalue weighted by Gasteiger charge is 2.25. The van der Waals surface area contributed by atoms with E-state index in [4.69, 9.17) is 11.5 Å². The van der Waals surface area contributed by atoms with Gasteiger partial charge in [0.25, 0.3) is 5.91 Å². The number of anilines is 4. The van der Waals surface area contributed by atoms with Gasteiger partial charge in [-0.15, -0.1) is 0 Å². The molecule has 0 aromatic carbocycles. The van der Waals surface area contributed by atoms with Gasteiger partial charge in [0, 0.05) is 25.2 Å². The Morgan fingerprint density at radius 1 is 1.16 bits per heavy atom. The van der Waals surface area contributed by atoms with Crippen molar-refractivity contribution in [3.05, 3.63) is 35.4 Å². The Bertz CT molecular complexity index is 961. The number of hydrogen-bond acceptors (Lipinski definition) is 7. The molecule has 166 valence electrons. The fourth-order valence-electron chi connectivity index (χ4n) is 4.39. The van der Waals surface area contributed by atoms with Gasteiger partial charge in [-0.1, -0.05) is 12.8 Å². The molecule has 0 bridgehead atoms. The number of primary amides is 1. The summed E-state index contributed by atoms with van der Waals surface area (Å²) in [6, 6.07) is 2.97. The standard InChI is InChI=1S/C22H30FN7O/c1-13-19(30-8-4-5-9-30)10-14(12-26-13)27-21-15(20(25)31)11-16(23)22(29-21)28-18-7-3-2-6-17(18)24/h10-12,17-18H,2-9,24H2,1H3,(H2,25,31)(H2,27,28,29). The molecular weight excluding hydrogens is 397 g/mol. The third-order valence-corrected chi connectivity index (χ3v) is 6.15. The first-order valence-corrected chi connectivity index (χ1v) is 10.9. The molecule has 2 aromatic rings. The van der Waals surface area contributed by atoms with Crippen molar-refractivity contribution in [3.8, 4) is 0 Å². The molecule has 1 amide bonds. The smallest absolute Gasteiger partial charge is 0.252 e. The SMILES string of the molecule is Cc1ncc(Nc2nc(NC3CCCCC3N)c(F)cc2C(N)=O)cc1N1CCCC1. The van der Waals surface area contributed by atoms with E-state index in [1.807, 2.05) is 13.0 Å². The number of amides is 1. The van der Waals surface area contributed by atoms with E-state index in [1.54, 1.807) is 6.20 Å². The number of carbonyl (C=O) groups excluding carboxylic acids is 1. The summed E-state index contributed by atoms with van der Waals surface area (Å²) in [4.78, 5) is 23.1. The Hall–Kier alpha value is -2.94. The maximum absolute atomic E-state index is 14.7. The van der Waals surface area contributed by atoms with Crippen LogP contribution in [0.5, 0.6) is 0 Å². The summed E-state index contributed by atoms with van der Waals surface area (Å²) in [5.74, 6) is -1.12. The Kier molecular flexibility index (Phi) is 6.22. The molecule has 1 saturated heterocycles. The third-order valence-electron chi connectivity index (χ3n) is 6.15. The molecule has 6 N–H and O–H groups in total. The van der Waals surface area contributed by atoms with E-state index in [9.17, 15) is 9.18 Å². The Morgan fingerprint density at radius 3 is 2.61 bits per heavy atom. The fraction of sp³-hybridized carbons (Fsp3) is 0.500. The summed E-state index contributed by atoms with van der Waals surface area (Å²) in [7, 11) is 0. The normalized spacial score (nSPS) is 21.2. The van der Waals surface area contributed by atoms with Crippen molar-refractivity contribution < 1.29 is 9.18 Å². The van der Waals surface area contributed by atoms with Gasteiger partial charge >= 0.3 is 0 Å². The van der Waals surface area contributed by atoms with E-state index in [0.717, 1.165) is 69.1 Å². The number of hydrogen-bond donors (Lipinski definition) is 4. The Balaban J connectivity index is 1.63. The summed E-state index contributed by atoms with van der Waals surface area (Å²) >= 11 is 0. The minimum absolute atomic E-state index is 0.0145. The van der Waals surface area contributed by atoms with E-state index < -0.39 is 11.7 Å². The van der Waals surface area contributed by atoms with Crippen LogP contribution in [0.2, 0.25) is 0 Å². The molecule has 1 saturated carbocycles. The maximum atomic E-state index is 14.7. The molecule has 2 fully saturated rings. The van der Waals surface area contributed by atoms with Crippen LogP contribution in [0.3, 0.4) is 0 Å². The minimum Gasteiger partial charge on any atom is -0.370 e. The van der Waals surface area contributed by atoms with Gasteiger partial charge < -0.3 is 27.0 Å². The first-order valence-electron chi connectivity index (χ1n) is 10.9. The first kappa shape index (κ1) is 21.3.